The minimum absolute atomic E-state index is 0.154. The molecule has 30 nitrogen and oxygen atoms in total. The Labute approximate surface area is 425 Å². The number of nitrogens with one attached hydrogen (secondary N) is 9. The first-order chi connectivity index (χ1) is 33.9. The van der Waals surface area contributed by atoms with Crippen LogP contribution in [0.2, 0.25) is 0 Å². The molecular weight excluding hydrogens is 989 g/mol. The molecule has 0 aromatic carbocycles. The van der Waals surface area contributed by atoms with E-state index in [1.165, 1.54) is 41.5 Å². The molecule has 0 rings (SSSR count). The molecule has 0 radical (unpaired) electrons. The van der Waals surface area contributed by atoms with Crippen molar-refractivity contribution in [2.75, 3.05) is 12.4 Å². The van der Waals surface area contributed by atoms with Gasteiger partial charge in [0.15, 0.2) is 0 Å². The van der Waals surface area contributed by atoms with Gasteiger partial charge in [-0.15, -0.1) is 0 Å². The molecule has 73 heavy (non-hydrogen) atoms. The lowest BCUT2D eigenvalue weighted by molar-refractivity contribution is -0.143. The third-order valence-corrected chi connectivity index (χ3v) is 11.0. The summed E-state index contributed by atoms with van der Waals surface area (Å²) >= 11 is 4.06. The number of nitrogens with two attached hydrogens (primary N) is 5. The Balaban J connectivity index is 6.25. The third kappa shape index (κ3) is 25.2. The molecule has 412 valence electrons. The number of hydrogen-bond acceptors (Lipinski definition) is 17. The molecule has 0 saturated carbocycles. The van der Waals surface area contributed by atoms with Crippen LogP contribution in [0.3, 0.4) is 0 Å². The zero-order valence-corrected chi connectivity index (χ0v) is 42.3. The predicted octanol–water partition coefficient (Wildman–Crippen LogP) is -7.90. The molecule has 0 bridgehead atoms. The van der Waals surface area contributed by atoms with Gasteiger partial charge in [-0.2, -0.15) is 12.6 Å². The number of primary amides is 4. The monoisotopic (exact) mass is 1060 g/mol. The number of carboxylic acid groups (broad SMARTS) is 1. The fourth-order valence-electron chi connectivity index (χ4n) is 6.20. The number of aliphatic hydroxyl groups is 1. The van der Waals surface area contributed by atoms with Crippen LogP contribution in [0.25, 0.3) is 0 Å². The first-order valence-electron chi connectivity index (χ1n) is 22.9. The minimum atomic E-state index is -1.74. The Morgan fingerprint density at radius 3 is 1.04 bits per heavy atom. The maximum absolute atomic E-state index is 13.7. The molecule has 0 aromatic heterocycles. The van der Waals surface area contributed by atoms with Crippen LogP contribution in [0.15, 0.2) is 0 Å². The number of aliphatic carboxylic acids is 1. The van der Waals surface area contributed by atoms with E-state index < -0.39 is 200 Å². The van der Waals surface area contributed by atoms with Gasteiger partial charge in [0, 0.05) is 31.4 Å². The van der Waals surface area contributed by atoms with E-state index in [1.54, 1.807) is 0 Å². The van der Waals surface area contributed by atoms with Crippen molar-refractivity contribution in [3.63, 3.8) is 0 Å². The number of carboxylic acids is 1. The molecule has 0 saturated heterocycles. The summed E-state index contributed by atoms with van der Waals surface area (Å²) in [5.74, 6) is -15.5. The Morgan fingerprint density at radius 2 is 0.699 bits per heavy atom. The number of hydrogen-bond donors (Lipinski definition) is 17. The van der Waals surface area contributed by atoms with Gasteiger partial charge in [-0.25, -0.2) is 4.79 Å². The van der Waals surface area contributed by atoms with Gasteiger partial charge in [0.1, 0.15) is 54.4 Å². The zero-order chi connectivity index (χ0) is 56.4. The van der Waals surface area contributed by atoms with Gasteiger partial charge in [-0.3, -0.25) is 62.3 Å². The number of carbonyl (C=O) groups excluding carboxylic acids is 13. The van der Waals surface area contributed by atoms with Crippen LogP contribution in [0.1, 0.15) is 92.9 Å². The number of thiol groups is 1. The van der Waals surface area contributed by atoms with Gasteiger partial charge < -0.3 is 86.7 Å². The van der Waals surface area contributed by atoms with Gasteiger partial charge in [-0.1, -0.05) is 27.7 Å². The van der Waals surface area contributed by atoms with E-state index in [9.17, 15) is 77.3 Å². The van der Waals surface area contributed by atoms with E-state index >= 15 is 0 Å². The van der Waals surface area contributed by atoms with Crippen molar-refractivity contribution in [2.24, 2.45) is 40.5 Å². The molecular formula is C42H72N14O16S. The fourth-order valence-corrected chi connectivity index (χ4v) is 6.46. The summed E-state index contributed by atoms with van der Waals surface area (Å²) in [5, 5.41) is 40.1. The van der Waals surface area contributed by atoms with Gasteiger partial charge in [0.05, 0.1) is 12.6 Å². The second-order valence-corrected chi connectivity index (χ2v) is 17.9. The highest BCUT2D eigenvalue weighted by atomic mass is 32.1. The highest BCUT2D eigenvalue weighted by Crippen LogP contribution is 2.09. The lowest BCUT2D eigenvalue weighted by atomic mass is 10.0. The van der Waals surface area contributed by atoms with E-state index in [4.69, 9.17) is 28.7 Å². The summed E-state index contributed by atoms with van der Waals surface area (Å²) in [5.41, 5.74) is 26.7. The summed E-state index contributed by atoms with van der Waals surface area (Å²) in [6, 6.07) is -14.9. The summed E-state index contributed by atoms with van der Waals surface area (Å²) in [6.07, 6.45) is -3.17. The fraction of sp³-hybridized carbons (Fsp3) is 0.667. The lowest BCUT2D eigenvalue weighted by Crippen LogP contribution is -2.61. The largest absolute Gasteiger partial charge is 0.480 e. The maximum Gasteiger partial charge on any atom is 0.326 e. The summed E-state index contributed by atoms with van der Waals surface area (Å²) in [6.45, 7) is 7.43. The number of amides is 13. The van der Waals surface area contributed by atoms with E-state index in [0.717, 1.165) is 0 Å². The van der Waals surface area contributed by atoms with E-state index in [0.29, 0.717) is 0 Å². The van der Waals surface area contributed by atoms with Crippen molar-refractivity contribution >= 4 is 95.4 Å². The van der Waals surface area contributed by atoms with Gasteiger partial charge in [-0.05, 0) is 51.4 Å². The highest BCUT2D eigenvalue weighted by molar-refractivity contribution is 7.80. The molecule has 0 spiro atoms. The minimum Gasteiger partial charge on any atom is -0.480 e. The maximum atomic E-state index is 13.7. The molecule has 31 heteroatoms. The summed E-state index contributed by atoms with van der Waals surface area (Å²) in [7, 11) is 0. The normalized spacial score (nSPS) is 15.1. The molecule has 10 atom stereocenters. The summed E-state index contributed by atoms with van der Waals surface area (Å²) < 4.78 is 0. The molecule has 13 amide bonds. The van der Waals surface area contributed by atoms with Gasteiger partial charge in [0.2, 0.25) is 76.8 Å². The van der Waals surface area contributed by atoms with Crippen molar-refractivity contribution < 1.29 is 77.3 Å². The molecule has 0 aliphatic rings. The van der Waals surface area contributed by atoms with E-state index in [2.05, 4.69) is 60.5 Å². The molecule has 0 aliphatic carbocycles. The number of rotatable bonds is 35. The summed E-state index contributed by atoms with van der Waals surface area (Å²) in [4.78, 5) is 177. The Kier molecular flexibility index (Phi) is 29.5. The first-order valence-corrected chi connectivity index (χ1v) is 23.6. The zero-order valence-electron chi connectivity index (χ0n) is 41.4. The molecule has 0 heterocycles. The Hall–Kier alpha value is -7.15. The molecule has 0 aromatic rings. The Bertz CT molecular complexity index is 2030. The van der Waals surface area contributed by atoms with Crippen molar-refractivity contribution in [2.45, 2.75) is 153 Å². The third-order valence-electron chi connectivity index (χ3n) is 10.6. The van der Waals surface area contributed by atoms with Crippen LogP contribution < -0.4 is 76.5 Å². The second-order valence-electron chi connectivity index (χ2n) is 17.6. The quantitative estimate of drug-likeness (QED) is 0.0262. The lowest BCUT2D eigenvalue weighted by Gasteiger charge is -2.28. The van der Waals surface area contributed by atoms with Crippen LogP contribution in [0, 0.1) is 11.8 Å². The van der Waals surface area contributed by atoms with Crippen molar-refractivity contribution in [3.8, 4) is 0 Å². The van der Waals surface area contributed by atoms with Crippen molar-refractivity contribution in [3.05, 3.63) is 0 Å². The van der Waals surface area contributed by atoms with Crippen LogP contribution in [0.5, 0.6) is 0 Å². The van der Waals surface area contributed by atoms with E-state index in [1.807, 2.05) is 0 Å². The van der Waals surface area contributed by atoms with Crippen LogP contribution in [0.4, 0.5) is 0 Å². The average molecular weight is 1060 g/mol. The highest BCUT2D eigenvalue weighted by Gasteiger charge is 2.35. The molecule has 21 N–H and O–H groups in total. The standard InChI is InChI=1S/C42H72N14O16S/c1-17(2)31(41(70)52-24(10-14-30(47)61)38(67)53-25(15-57)39(68)49-20(6)34(63)56-32(18(3)4)42(71)72)55-33(62)19(5)48-36(65)22(8-12-28(45)59)50-37(66)23(9-13-29(46)60)51-40(69)26(16-73)54-35(64)21(43)7-11-27(44)58/h17-26,31-32,57,73H,7-16,43H2,1-6H3,(H2,44,58)(H2,45,59)(H2,46,60)(H2,47,61)(H,48,65)(H,49,68)(H,50,66)(H,51,69)(H,52,70)(H,53,67)(H,54,64)(H,55,62)(H,56,63)(H,71,72)/t19-,20-,21-,22-,23-,24-,25-,26-,31-,32-/m0/s1. The second kappa shape index (κ2) is 32.7. The molecule has 0 aliphatic heterocycles. The van der Waals surface area contributed by atoms with Gasteiger partial charge in [0.25, 0.3) is 0 Å². The predicted molar refractivity (Wildman–Crippen MR) is 259 cm³/mol. The first kappa shape index (κ1) is 65.8. The van der Waals surface area contributed by atoms with Crippen molar-refractivity contribution in [1.82, 2.24) is 47.9 Å². The molecule has 0 unspecified atom stereocenters. The van der Waals surface area contributed by atoms with Gasteiger partial charge >= 0.3 is 5.97 Å². The van der Waals surface area contributed by atoms with Crippen molar-refractivity contribution in [1.29, 1.82) is 0 Å². The van der Waals surface area contributed by atoms with Crippen LogP contribution >= 0.6 is 12.6 Å². The number of carbonyl (C=O) groups is 14. The van der Waals surface area contributed by atoms with Crippen LogP contribution in [-0.2, 0) is 67.1 Å². The molecule has 0 fully saturated rings. The van der Waals surface area contributed by atoms with Crippen LogP contribution in [-0.4, -0.2) is 166 Å². The smallest absolute Gasteiger partial charge is 0.326 e. The topological polar surface area (TPSA) is 518 Å². The Morgan fingerprint density at radius 1 is 0.397 bits per heavy atom. The van der Waals surface area contributed by atoms with E-state index in [-0.39, 0.29) is 18.6 Å². The average Bonchev–Trinajstić information content (AvgIpc) is 3.29. The number of aliphatic hydroxyl groups excluding tert-OH is 1. The SMILES string of the molecule is CC(C)[C@H](NC(=O)[C@H](C)NC(=O)[C@H](CO)NC(=O)[C@H](CCC(N)=O)NC(=O)[C@@H](NC(=O)[C@H](C)NC(=O)[C@H](CCC(N)=O)NC(=O)[C@H](CCC(N)=O)NC(=O)[C@H](CS)NC(=O)[C@@H](N)CCC(N)=O)C(C)C)C(=O)O.